The van der Waals surface area contributed by atoms with Crippen molar-refractivity contribution in [3.63, 3.8) is 0 Å². The van der Waals surface area contributed by atoms with Crippen LogP contribution in [0.2, 0.25) is 0 Å². The Morgan fingerprint density at radius 2 is 1.60 bits per heavy atom. The Balaban J connectivity index is 1.36. The van der Waals surface area contributed by atoms with Crippen LogP contribution in [0.15, 0.2) is 53.6 Å². The number of nitriles is 1. The van der Waals surface area contributed by atoms with Crippen molar-refractivity contribution in [2.75, 3.05) is 0 Å². The predicted octanol–water partition coefficient (Wildman–Crippen LogP) is 8.81. The molecule has 256 valence electrons. The Bertz CT molecular complexity index is 1710. The van der Waals surface area contributed by atoms with E-state index >= 15 is 0 Å². The van der Waals surface area contributed by atoms with Gasteiger partial charge in [-0.2, -0.15) is 18.4 Å². The summed E-state index contributed by atoms with van der Waals surface area (Å²) in [7, 11) is 0. The van der Waals surface area contributed by atoms with Crippen LogP contribution in [0.4, 0.5) is 13.2 Å². The Morgan fingerprint density at radius 1 is 0.958 bits per heavy atom. The van der Waals surface area contributed by atoms with Gasteiger partial charge in [0.25, 0.3) is 0 Å². The lowest BCUT2D eigenvalue weighted by Gasteiger charge is -2.69. The van der Waals surface area contributed by atoms with Crippen molar-refractivity contribution < 1.29 is 27.6 Å². The summed E-state index contributed by atoms with van der Waals surface area (Å²) >= 11 is 0. The molecule has 3 saturated carbocycles. The number of halogens is 3. The summed E-state index contributed by atoms with van der Waals surface area (Å²) < 4.78 is 39.1. The number of amides is 1. The normalized spacial score (nSPS) is 38.4. The highest BCUT2D eigenvalue weighted by Crippen LogP contribution is 2.73. The van der Waals surface area contributed by atoms with Crippen LogP contribution in [0.25, 0.3) is 6.08 Å². The van der Waals surface area contributed by atoms with Crippen molar-refractivity contribution in [1.82, 2.24) is 5.32 Å². The third-order valence-electron chi connectivity index (χ3n) is 13.9. The minimum absolute atomic E-state index is 0.0276. The van der Waals surface area contributed by atoms with Crippen molar-refractivity contribution in [3.05, 3.63) is 64.8 Å². The molecule has 3 fully saturated rings. The summed E-state index contributed by atoms with van der Waals surface area (Å²) in [4.78, 5) is 41.6. The van der Waals surface area contributed by atoms with E-state index in [0.29, 0.717) is 12.0 Å². The van der Waals surface area contributed by atoms with E-state index in [0.717, 1.165) is 56.2 Å². The molecule has 0 saturated heterocycles. The van der Waals surface area contributed by atoms with Gasteiger partial charge in [0.2, 0.25) is 5.91 Å². The van der Waals surface area contributed by atoms with Crippen LogP contribution in [0, 0.1) is 56.2 Å². The number of ketones is 2. The SMILES string of the molecule is CC1(C)CC[C@]2(NC(=O)/C=C/c3ccc(C(F)(F)F)cc3)CC[C@]3(C)[C@H](C(=O)C=C4[C@@]5(C)C=C(C#N)C(=O)C(C)(C)[C@@H]5CC[C@]43C)[C@@H]2C1. The van der Waals surface area contributed by atoms with Crippen molar-refractivity contribution in [2.45, 2.75) is 105 Å². The molecule has 7 atom stereocenters. The van der Waals surface area contributed by atoms with Gasteiger partial charge in [-0.05, 0) is 103 Å². The minimum atomic E-state index is -4.43. The first-order valence-electron chi connectivity index (χ1n) is 17.3. The van der Waals surface area contributed by atoms with Crippen LogP contribution in [0.1, 0.15) is 105 Å². The molecule has 0 aromatic heterocycles. The van der Waals surface area contributed by atoms with Gasteiger partial charge in [0.05, 0.1) is 11.1 Å². The quantitative estimate of drug-likeness (QED) is 0.329. The van der Waals surface area contributed by atoms with E-state index in [1.165, 1.54) is 24.3 Å². The summed E-state index contributed by atoms with van der Waals surface area (Å²) in [5.74, 6) is -0.839. The fourth-order valence-electron chi connectivity index (χ4n) is 11.1. The molecule has 0 aliphatic heterocycles. The van der Waals surface area contributed by atoms with Crippen molar-refractivity contribution in [2.24, 2.45) is 44.8 Å². The second-order valence-electron chi connectivity index (χ2n) is 17.4. The highest BCUT2D eigenvalue weighted by Gasteiger charge is 2.70. The Hall–Kier alpha value is -3.47. The first-order chi connectivity index (χ1) is 22.1. The number of carbonyl (C=O) groups excluding carboxylic acids is 3. The summed E-state index contributed by atoms with van der Waals surface area (Å²) in [6.07, 6.45) is 7.69. The van der Waals surface area contributed by atoms with E-state index < -0.39 is 33.5 Å². The lowest BCUT2D eigenvalue weighted by atomic mass is 9.35. The molecule has 1 amide bonds. The molecular formula is C40H47F3N2O3. The summed E-state index contributed by atoms with van der Waals surface area (Å²) in [6.45, 7) is 15.0. The second kappa shape index (κ2) is 10.8. The minimum Gasteiger partial charge on any atom is -0.347 e. The molecule has 1 aromatic rings. The molecule has 5 nitrogen and oxygen atoms in total. The van der Waals surface area contributed by atoms with Gasteiger partial charge in [0.15, 0.2) is 11.6 Å². The second-order valence-corrected chi connectivity index (χ2v) is 17.4. The fourth-order valence-corrected chi connectivity index (χ4v) is 11.1. The number of carbonyl (C=O) groups is 3. The number of alkyl halides is 3. The van der Waals surface area contributed by atoms with Crippen LogP contribution in [-0.2, 0) is 20.6 Å². The van der Waals surface area contributed by atoms with Crippen molar-refractivity contribution in [3.8, 4) is 6.07 Å². The zero-order chi connectivity index (χ0) is 35.3. The summed E-state index contributed by atoms with van der Waals surface area (Å²) in [6, 6.07) is 6.87. The molecule has 0 radical (unpaired) electrons. The van der Waals surface area contributed by atoms with E-state index in [4.69, 9.17) is 0 Å². The maximum absolute atomic E-state index is 14.7. The Labute approximate surface area is 282 Å². The van der Waals surface area contributed by atoms with E-state index in [1.54, 1.807) is 0 Å². The standard InChI is InChI=1S/C40H47F3N2O3/c1-34(2)16-18-39(45-31(47)13-10-24-8-11-26(12-9-24)40(41,42)43)19-17-38(7)32(27(39)22-34)28(46)20-30-36(5)21-25(23-44)33(48)35(3,4)29(36)14-15-37(30,38)6/h8-13,20-21,27,29,32H,14-19,22H2,1-7H3,(H,45,47)/b13-10+/t27-,29-,32-,36-,37+,38+,39-/m0/s1. The molecule has 1 N–H and O–H groups in total. The molecule has 6 rings (SSSR count). The molecule has 8 heteroatoms. The third kappa shape index (κ3) is 4.97. The number of Topliss-reactive ketones (excluding diaryl/α,β-unsaturated/α-hetero) is 1. The number of rotatable bonds is 3. The van der Waals surface area contributed by atoms with Gasteiger partial charge in [0, 0.05) is 28.4 Å². The van der Waals surface area contributed by atoms with Gasteiger partial charge in [-0.15, -0.1) is 0 Å². The maximum Gasteiger partial charge on any atom is 0.416 e. The van der Waals surface area contributed by atoms with Gasteiger partial charge in [-0.1, -0.05) is 72.2 Å². The fraction of sp³-hybridized carbons (Fsp3) is 0.600. The Kier molecular flexibility index (Phi) is 7.71. The highest BCUT2D eigenvalue weighted by atomic mass is 19.4. The smallest absolute Gasteiger partial charge is 0.347 e. The summed E-state index contributed by atoms with van der Waals surface area (Å²) in [5, 5.41) is 13.3. The van der Waals surface area contributed by atoms with E-state index in [-0.39, 0.29) is 51.6 Å². The van der Waals surface area contributed by atoms with E-state index in [2.05, 4.69) is 46.0 Å². The molecule has 0 unspecified atom stereocenters. The molecule has 5 aliphatic rings. The zero-order valence-electron chi connectivity index (χ0n) is 29.1. The van der Waals surface area contributed by atoms with Crippen LogP contribution >= 0.6 is 0 Å². The monoisotopic (exact) mass is 660 g/mol. The van der Waals surface area contributed by atoms with E-state index in [1.807, 2.05) is 26.0 Å². The average Bonchev–Trinajstić information content (AvgIpc) is 2.99. The highest BCUT2D eigenvalue weighted by molar-refractivity contribution is 6.04. The lowest BCUT2D eigenvalue weighted by molar-refractivity contribution is -0.163. The average molecular weight is 661 g/mol. The topological polar surface area (TPSA) is 87.0 Å². The number of benzene rings is 1. The molecular weight excluding hydrogens is 613 g/mol. The number of fused-ring (bicyclic) bond motifs is 7. The number of allylic oxidation sites excluding steroid dienone is 4. The van der Waals surface area contributed by atoms with Gasteiger partial charge in [0.1, 0.15) is 6.07 Å². The molecule has 0 bridgehead atoms. The zero-order valence-corrected chi connectivity index (χ0v) is 29.1. The maximum atomic E-state index is 14.7. The number of nitrogens with one attached hydrogen (secondary N) is 1. The number of hydrogen-bond acceptors (Lipinski definition) is 4. The largest absolute Gasteiger partial charge is 0.416 e. The third-order valence-corrected chi connectivity index (χ3v) is 13.9. The van der Waals surface area contributed by atoms with Gasteiger partial charge >= 0.3 is 6.18 Å². The van der Waals surface area contributed by atoms with Crippen LogP contribution < -0.4 is 5.32 Å². The number of hydrogen-bond donors (Lipinski definition) is 1. The first kappa shape index (κ1) is 34.4. The lowest BCUT2D eigenvalue weighted by Crippen LogP contribution is -2.69. The summed E-state index contributed by atoms with van der Waals surface area (Å²) in [5.41, 5.74) is -1.77. The Morgan fingerprint density at radius 3 is 2.23 bits per heavy atom. The van der Waals surface area contributed by atoms with Crippen molar-refractivity contribution in [1.29, 1.82) is 5.26 Å². The van der Waals surface area contributed by atoms with Crippen LogP contribution in [0.3, 0.4) is 0 Å². The van der Waals surface area contributed by atoms with Crippen LogP contribution in [0.5, 0.6) is 0 Å². The molecule has 48 heavy (non-hydrogen) atoms. The van der Waals surface area contributed by atoms with Gasteiger partial charge in [-0.3, -0.25) is 14.4 Å². The molecule has 0 heterocycles. The van der Waals surface area contributed by atoms with Gasteiger partial charge < -0.3 is 5.32 Å². The first-order valence-corrected chi connectivity index (χ1v) is 17.3. The van der Waals surface area contributed by atoms with E-state index in [9.17, 15) is 32.8 Å². The molecule has 1 aromatic carbocycles. The molecule has 0 spiro atoms. The van der Waals surface area contributed by atoms with Crippen molar-refractivity contribution >= 4 is 23.5 Å². The molecule has 5 aliphatic carbocycles. The predicted molar refractivity (Wildman–Crippen MR) is 178 cm³/mol. The van der Waals surface area contributed by atoms with Gasteiger partial charge in [-0.25, -0.2) is 0 Å². The van der Waals surface area contributed by atoms with Crippen LogP contribution in [-0.4, -0.2) is 23.0 Å². The number of nitrogens with zero attached hydrogens (tertiary/aromatic N) is 1.